The Bertz CT molecular complexity index is 582. The summed E-state index contributed by atoms with van der Waals surface area (Å²) in [6.45, 7) is 0. The molecule has 0 radical (unpaired) electrons. The van der Waals surface area contributed by atoms with Gasteiger partial charge in [0.05, 0.1) is 7.11 Å². The molecule has 3 heteroatoms. The lowest BCUT2D eigenvalue weighted by molar-refractivity contribution is 0.0751. The van der Waals surface area contributed by atoms with Gasteiger partial charge in [0.2, 0.25) is 0 Å². The average molecular weight is 241 g/mol. The molecule has 0 saturated carbocycles. The van der Waals surface area contributed by atoms with Crippen molar-refractivity contribution in [3.05, 3.63) is 59.4 Å². The Morgan fingerprint density at radius 3 is 2.89 bits per heavy atom. The molecule has 1 aliphatic rings. The van der Waals surface area contributed by atoms with Crippen molar-refractivity contribution in [1.82, 2.24) is 4.98 Å². The predicted molar refractivity (Wildman–Crippen MR) is 68.6 cm³/mol. The number of ether oxygens (including phenoxy) is 1. The molecule has 0 spiro atoms. The van der Waals surface area contributed by atoms with Crippen LogP contribution in [-0.2, 0) is 12.0 Å². The molecule has 0 saturated heterocycles. The molecule has 1 heterocycles. The highest BCUT2D eigenvalue weighted by Gasteiger charge is 2.41. The molecule has 1 unspecified atom stereocenters. The molecule has 3 rings (SSSR count). The fourth-order valence-electron chi connectivity index (χ4n) is 2.70. The molecule has 0 aliphatic heterocycles. The molecule has 0 amide bonds. The van der Waals surface area contributed by atoms with Crippen molar-refractivity contribution in [2.24, 2.45) is 0 Å². The maximum absolute atomic E-state index is 11.0. The zero-order chi connectivity index (χ0) is 12.6. The summed E-state index contributed by atoms with van der Waals surface area (Å²) in [5, 5.41) is 11.0. The van der Waals surface area contributed by atoms with Crippen LogP contribution in [0.25, 0.3) is 0 Å². The van der Waals surface area contributed by atoms with E-state index in [-0.39, 0.29) is 0 Å². The van der Waals surface area contributed by atoms with Gasteiger partial charge in [-0.1, -0.05) is 24.3 Å². The van der Waals surface area contributed by atoms with Gasteiger partial charge in [-0.25, -0.2) is 0 Å². The second-order valence-electron chi connectivity index (χ2n) is 4.57. The van der Waals surface area contributed by atoms with Crippen molar-refractivity contribution in [2.75, 3.05) is 7.11 Å². The fraction of sp³-hybridized carbons (Fsp3) is 0.267. The summed E-state index contributed by atoms with van der Waals surface area (Å²) in [5.74, 6) is 0.636. The number of nitrogens with zero attached hydrogens (tertiary/aromatic N) is 1. The minimum absolute atomic E-state index is 0.609. The van der Waals surface area contributed by atoms with E-state index in [1.54, 1.807) is 13.3 Å². The largest absolute Gasteiger partial charge is 0.495 e. The van der Waals surface area contributed by atoms with Gasteiger partial charge in [0.25, 0.3) is 0 Å². The first-order chi connectivity index (χ1) is 8.75. The number of hydrogen-bond acceptors (Lipinski definition) is 3. The van der Waals surface area contributed by atoms with E-state index in [9.17, 15) is 5.11 Å². The SMILES string of the molecule is COc1cccnc1C1(O)CCc2ccccc21. The van der Waals surface area contributed by atoms with Gasteiger partial charge in [0, 0.05) is 6.20 Å². The first-order valence-corrected chi connectivity index (χ1v) is 6.06. The van der Waals surface area contributed by atoms with E-state index in [1.165, 1.54) is 5.56 Å². The maximum Gasteiger partial charge on any atom is 0.143 e. The third-order valence-corrected chi connectivity index (χ3v) is 3.60. The van der Waals surface area contributed by atoms with Gasteiger partial charge in [-0.3, -0.25) is 4.98 Å². The quantitative estimate of drug-likeness (QED) is 0.877. The van der Waals surface area contributed by atoms with Crippen molar-refractivity contribution >= 4 is 0 Å². The molecule has 1 atom stereocenters. The summed E-state index contributed by atoms with van der Waals surface area (Å²) in [5.41, 5.74) is 1.72. The van der Waals surface area contributed by atoms with Crippen LogP contribution in [0.4, 0.5) is 0 Å². The van der Waals surface area contributed by atoms with E-state index >= 15 is 0 Å². The van der Waals surface area contributed by atoms with Crippen LogP contribution in [-0.4, -0.2) is 17.2 Å². The van der Waals surface area contributed by atoms with Crippen LogP contribution >= 0.6 is 0 Å². The second-order valence-corrected chi connectivity index (χ2v) is 4.57. The lowest BCUT2D eigenvalue weighted by atomic mass is 9.91. The minimum atomic E-state index is -1.02. The van der Waals surface area contributed by atoms with Crippen molar-refractivity contribution in [3.8, 4) is 5.75 Å². The Kier molecular flexibility index (Phi) is 2.56. The standard InChI is InChI=1S/C15H15NO2/c1-18-13-7-4-10-16-14(13)15(17)9-8-11-5-2-3-6-12(11)15/h2-7,10,17H,8-9H2,1H3. The lowest BCUT2D eigenvalue weighted by Crippen LogP contribution is -2.26. The smallest absolute Gasteiger partial charge is 0.143 e. The van der Waals surface area contributed by atoms with E-state index in [2.05, 4.69) is 11.1 Å². The summed E-state index contributed by atoms with van der Waals surface area (Å²) in [6.07, 6.45) is 3.21. The summed E-state index contributed by atoms with van der Waals surface area (Å²) < 4.78 is 5.32. The molecule has 1 aromatic heterocycles. The number of methoxy groups -OCH3 is 1. The molecule has 1 aliphatic carbocycles. The number of hydrogen-bond donors (Lipinski definition) is 1. The molecule has 0 fully saturated rings. The van der Waals surface area contributed by atoms with Gasteiger partial charge in [-0.2, -0.15) is 0 Å². The number of fused-ring (bicyclic) bond motifs is 1. The topological polar surface area (TPSA) is 42.4 Å². The molecule has 1 aromatic carbocycles. The van der Waals surface area contributed by atoms with Crippen molar-refractivity contribution in [1.29, 1.82) is 0 Å². The Morgan fingerprint density at radius 2 is 2.06 bits per heavy atom. The van der Waals surface area contributed by atoms with Crippen LogP contribution in [0.15, 0.2) is 42.6 Å². The molecule has 0 bridgehead atoms. The van der Waals surface area contributed by atoms with E-state index in [0.717, 1.165) is 12.0 Å². The van der Waals surface area contributed by atoms with Crippen LogP contribution < -0.4 is 4.74 Å². The number of aromatic nitrogens is 1. The lowest BCUT2D eigenvalue weighted by Gasteiger charge is -2.25. The Hall–Kier alpha value is -1.87. The number of benzene rings is 1. The third-order valence-electron chi connectivity index (χ3n) is 3.60. The highest BCUT2D eigenvalue weighted by molar-refractivity contribution is 5.47. The fourth-order valence-corrected chi connectivity index (χ4v) is 2.70. The monoisotopic (exact) mass is 241 g/mol. The van der Waals surface area contributed by atoms with Crippen LogP contribution in [0, 0.1) is 0 Å². The van der Waals surface area contributed by atoms with Gasteiger partial charge in [0.15, 0.2) is 0 Å². The number of aliphatic hydroxyl groups is 1. The Labute approximate surface area is 106 Å². The molecule has 1 N–H and O–H groups in total. The second kappa shape index (κ2) is 4.10. The van der Waals surface area contributed by atoms with Crippen molar-refractivity contribution < 1.29 is 9.84 Å². The number of pyridine rings is 1. The van der Waals surface area contributed by atoms with Crippen LogP contribution in [0.3, 0.4) is 0 Å². The molecule has 18 heavy (non-hydrogen) atoms. The third kappa shape index (κ3) is 1.51. The Balaban J connectivity index is 2.17. The highest BCUT2D eigenvalue weighted by Crippen LogP contribution is 2.43. The zero-order valence-electron chi connectivity index (χ0n) is 10.3. The first-order valence-electron chi connectivity index (χ1n) is 6.06. The van der Waals surface area contributed by atoms with Crippen LogP contribution in [0.2, 0.25) is 0 Å². The van der Waals surface area contributed by atoms with Crippen LogP contribution in [0.1, 0.15) is 23.2 Å². The molecule has 2 aromatic rings. The average Bonchev–Trinajstić information content (AvgIpc) is 2.78. The van der Waals surface area contributed by atoms with Gasteiger partial charge >= 0.3 is 0 Å². The predicted octanol–water partition coefficient (Wildman–Crippen LogP) is 2.27. The van der Waals surface area contributed by atoms with Crippen molar-refractivity contribution in [2.45, 2.75) is 18.4 Å². The van der Waals surface area contributed by atoms with Gasteiger partial charge in [-0.15, -0.1) is 0 Å². The summed E-state index contributed by atoms with van der Waals surface area (Å²) in [6, 6.07) is 11.6. The van der Waals surface area contributed by atoms with Crippen LogP contribution in [0.5, 0.6) is 5.75 Å². The van der Waals surface area contributed by atoms with Gasteiger partial charge in [-0.05, 0) is 36.1 Å². The number of rotatable bonds is 2. The number of aryl methyl sites for hydroxylation is 1. The van der Waals surface area contributed by atoms with E-state index < -0.39 is 5.60 Å². The van der Waals surface area contributed by atoms with Crippen molar-refractivity contribution in [3.63, 3.8) is 0 Å². The minimum Gasteiger partial charge on any atom is -0.495 e. The molecular formula is C15H15NO2. The van der Waals surface area contributed by atoms with E-state index in [1.807, 2.05) is 30.3 Å². The molecule has 92 valence electrons. The maximum atomic E-state index is 11.0. The highest BCUT2D eigenvalue weighted by atomic mass is 16.5. The summed E-state index contributed by atoms with van der Waals surface area (Å²) >= 11 is 0. The Morgan fingerprint density at radius 1 is 1.22 bits per heavy atom. The van der Waals surface area contributed by atoms with Gasteiger partial charge < -0.3 is 9.84 Å². The zero-order valence-corrected chi connectivity index (χ0v) is 10.3. The molecular weight excluding hydrogens is 226 g/mol. The van der Waals surface area contributed by atoms with E-state index in [4.69, 9.17) is 4.74 Å². The summed E-state index contributed by atoms with van der Waals surface area (Å²) in [7, 11) is 1.60. The summed E-state index contributed by atoms with van der Waals surface area (Å²) in [4.78, 5) is 4.33. The van der Waals surface area contributed by atoms with Gasteiger partial charge in [0.1, 0.15) is 17.0 Å². The normalized spacial score (nSPS) is 21.7. The molecule has 3 nitrogen and oxygen atoms in total. The first kappa shape index (κ1) is 11.2. The van der Waals surface area contributed by atoms with E-state index in [0.29, 0.717) is 17.9 Å².